The quantitative estimate of drug-likeness (QED) is 0.432. The van der Waals surface area contributed by atoms with Crippen LogP contribution < -0.4 is 19.3 Å². The number of fused-ring (bicyclic) bond motifs is 1. The molecular weight excluding hydrogens is 510 g/mol. The number of amides is 1. The molecule has 0 bridgehead atoms. The summed E-state index contributed by atoms with van der Waals surface area (Å²) in [5.41, 5.74) is 3.98. The van der Waals surface area contributed by atoms with Gasteiger partial charge in [0.05, 0.1) is 17.1 Å². The van der Waals surface area contributed by atoms with Crippen LogP contribution in [0.3, 0.4) is 0 Å². The topological polar surface area (TPSA) is 79.0 Å². The minimum absolute atomic E-state index is 0.130. The molecule has 1 N–H and O–H groups in total. The molecule has 1 saturated heterocycles. The Balaban J connectivity index is 1.42. The van der Waals surface area contributed by atoms with Crippen molar-refractivity contribution in [2.24, 2.45) is 0 Å². The molecule has 0 saturated carbocycles. The van der Waals surface area contributed by atoms with Gasteiger partial charge in [0, 0.05) is 24.5 Å². The van der Waals surface area contributed by atoms with Crippen LogP contribution in [-0.2, 0) is 20.2 Å². The van der Waals surface area contributed by atoms with E-state index in [2.05, 4.69) is 31.0 Å². The van der Waals surface area contributed by atoms with E-state index < -0.39 is 22.0 Å². The second-order valence-corrected chi connectivity index (χ2v) is 13.3. The van der Waals surface area contributed by atoms with Crippen molar-refractivity contribution in [2.45, 2.75) is 63.4 Å². The average Bonchev–Trinajstić information content (AvgIpc) is 2.92. The largest absolute Gasteiger partial charge is 0.476 e. The Bertz CT molecular complexity index is 1440. The number of aryl methyl sites for hydroxylation is 1. The van der Waals surface area contributed by atoms with Gasteiger partial charge in [-0.05, 0) is 85.7 Å². The second kappa shape index (κ2) is 10.6. The lowest BCUT2D eigenvalue weighted by atomic mass is 9.86. The van der Waals surface area contributed by atoms with Crippen LogP contribution in [-0.4, -0.2) is 40.1 Å². The number of hydrogen-bond acceptors (Lipinski definition) is 5. The van der Waals surface area contributed by atoms with Gasteiger partial charge in [-0.1, -0.05) is 44.5 Å². The Hall–Kier alpha value is -3.52. The maximum absolute atomic E-state index is 13.9. The van der Waals surface area contributed by atoms with E-state index in [1.807, 2.05) is 43.3 Å². The van der Waals surface area contributed by atoms with Crippen LogP contribution in [0.5, 0.6) is 5.75 Å². The van der Waals surface area contributed by atoms with Crippen molar-refractivity contribution in [1.82, 2.24) is 0 Å². The third-order valence-corrected chi connectivity index (χ3v) is 9.25. The summed E-state index contributed by atoms with van der Waals surface area (Å²) in [6.45, 7) is 10.1. The van der Waals surface area contributed by atoms with Gasteiger partial charge in [0.1, 0.15) is 5.75 Å². The number of nitrogens with zero attached hydrogens (tertiary/aromatic N) is 2. The smallest absolute Gasteiger partial charge is 0.267 e. The summed E-state index contributed by atoms with van der Waals surface area (Å²) < 4.78 is 35.2. The van der Waals surface area contributed by atoms with Gasteiger partial charge in [-0.3, -0.25) is 9.10 Å². The predicted molar refractivity (Wildman–Crippen MR) is 156 cm³/mol. The van der Waals surface area contributed by atoms with Gasteiger partial charge < -0.3 is 15.0 Å². The van der Waals surface area contributed by atoms with Crippen molar-refractivity contribution in [1.29, 1.82) is 0 Å². The number of piperidine rings is 1. The summed E-state index contributed by atoms with van der Waals surface area (Å²) in [7, 11) is -3.94. The highest BCUT2D eigenvalue weighted by Gasteiger charge is 2.38. The Morgan fingerprint density at radius 1 is 0.923 bits per heavy atom. The van der Waals surface area contributed by atoms with Gasteiger partial charge in [-0.2, -0.15) is 0 Å². The van der Waals surface area contributed by atoms with Crippen molar-refractivity contribution in [3.8, 4) is 5.75 Å². The van der Waals surface area contributed by atoms with Crippen molar-refractivity contribution >= 4 is 33.0 Å². The zero-order valence-electron chi connectivity index (χ0n) is 23.1. The standard InChI is InChI=1S/C31H37N3O4S/c1-22-8-15-26(16-9-22)39(36,37)34-21-29(38-28-17-10-23(20-27(28)34)31(2,3)4)30(35)32-24-11-13-25(14-12-24)33-18-6-5-7-19-33/h8-17,20,29H,5-7,18-19,21H2,1-4H3,(H,32,35)/t29-/m0/s1. The molecule has 0 unspecified atom stereocenters. The highest BCUT2D eigenvalue weighted by Crippen LogP contribution is 2.40. The molecule has 1 fully saturated rings. The lowest BCUT2D eigenvalue weighted by Crippen LogP contribution is -2.49. The van der Waals surface area contributed by atoms with Gasteiger partial charge in [0.2, 0.25) is 0 Å². The van der Waals surface area contributed by atoms with E-state index in [0.717, 1.165) is 29.9 Å². The van der Waals surface area contributed by atoms with Crippen LogP contribution in [0.15, 0.2) is 71.6 Å². The zero-order valence-corrected chi connectivity index (χ0v) is 23.9. The normalized spacial score (nSPS) is 17.8. The number of sulfonamides is 1. The molecular formula is C31H37N3O4S. The molecule has 0 aromatic heterocycles. The fraction of sp³-hybridized carbons (Fsp3) is 0.387. The molecule has 206 valence electrons. The predicted octanol–water partition coefficient (Wildman–Crippen LogP) is 5.88. The van der Waals surface area contributed by atoms with Gasteiger partial charge in [0.25, 0.3) is 15.9 Å². The third kappa shape index (κ3) is 5.76. The maximum atomic E-state index is 13.9. The van der Waals surface area contributed by atoms with E-state index >= 15 is 0 Å². The lowest BCUT2D eigenvalue weighted by Gasteiger charge is -2.36. The Morgan fingerprint density at radius 3 is 2.23 bits per heavy atom. The number of nitrogens with one attached hydrogen (secondary N) is 1. The monoisotopic (exact) mass is 547 g/mol. The number of hydrogen-bond donors (Lipinski definition) is 1. The van der Waals surface area contributed by atoms with Gasteiger partial charge in [-0.15, -0.1) is 0 Å². The highest BCUT2D eigenvalue weighted by atomic mass is 32.2. The molecule has 0 spiro atoms. The summed E-state index contributed by atoms with van der Waals surface area (Å²) in [6, 6.07) is 20.1. The van der Waals surface area contributed by atoms with Gasteiger partial charge in [-0.25, -0.2) is 8.42 Å². The summed E-state index contributed by atoms with van der Waals surface area (Å²) in [5.74, 6) is -0.0269. The number of benzene rings is 3. The van der Waals surface area contributed by atoms with Gasteiger partial charge >= 0.3 is 0 Å². The molecule has 2 aliphatic rings. The summed E-state index contributed by atoms with van der Waals surface area (Å²) in [5, 5.41) is 2.92. The van der Waals surface area contributed by atoms with Crippen molar-refractivity contribution in [3.05, 3.63) is 77.9 Å². The molecule has 3 aromatic rings. The molecule has 39 heavy (non-hydrogen) atoms. The number of carbonyl (C=O) groups excluding carboxylic acids is 1. The van der Waals surface area contributed by atoms with Crippen LogP contribution in [0, 0.1) is 6.92 Å². The summed E-state index contributed by atoms with van der Waals surface area (Å²) in [4.78, 5) is 15.9. The molecule has 0 radical (unpaired) electrons. The molecule has 7 nitrogen and oxygen atoms in total. The molecule has 3 aromatic carbocycles. The van der Waals surface area contributed by atoms with E-state index in [4.69, 9.17) is 4.74 Å². The SMILES string of the molecule is Cc1ccc(S(=O)(=O)N2C[C@@H](C(=O)Nc3ccc(N4CCCCC4)cc3)Oc3ccc(C(C)(C)C)cc32)cc1. The van der Waals surface area contributed by atoms with E-state index in [9.17, 15) is 13.2 Å². The van der Waals surface area contributed by atoms with Gasteiger partial charge in [0.15, 0.2) is 6.10 Å². The highest BCUT2D eigenvalue weighted by molar-refractivity contribution is 7.92. The first-order chi connectivity index (χ1) is 18.5. The summed E-state index contributed by atoms with van der Waals surface area (Å²) >= 11 is 0. The van der Waals surface area contributed by atoms with Crippen LogP contribution in [0.2, 0.25) is 0 Å². The fourth-order valence-electron chi connectivity index (χ4n) is 5.05. The van der Waals surface area contributed by atoms with Crippen LogP contribution in [0.1, 0.15) is 51.2 Å². The lowest BCUT2D eigenvalue weighted by molar-refractivity contribution is -0.122. The number of ether oxygens (including phenoxy) is 1. The Kier molecular flexibility index (Phi) is 7.33. The number of anilines is 3. The molecule has 0 aliphatic carbocycles. The maximum Gasteiger partial charge on any atom is 0.267 e. The van der Waals surface area contributed by atoms with Crippen molar-refractivity contribution < 1.29 is 17.9 Å². The minimum atomic E-state index is -3.94. The Labute approximate surface area is 231 Å². The van der Waals surface area contributed by atoms with E-state index in [1.165, 1.54) is 23.6 Å². The summed E-state index contributed by atoms with van der Waals surface area (Å²) in [6.07, 6.45) is 2.64. The second-order valence-electron chi connectivity index (χ2n) is 11.5. The van der Waals surface area contributed by atoms with Crippen LogP contribution in [0.4, 0.5) is 17.1 Å². The first kappa shape index (κ1) is 27.1. The van der Waals surface area contributed by atoms with E-state index in [0.29, 0.717) is 17.1 Å². The first-order valence-electron chi connectivity index (χ1n) is 13.6. The molecule has 8 heteroatoms. The molecule has 2 aliphatic heterocycles. The van der Waals surface area contributed by atoms with Crippen LogP contribution in [0.25, 0.3) is 0 Å². The van der Waals surface area contributed by atoms with Crippen molar-refractivity contribution in [3.63, 3.8) is 0 Å². The first-order valence-corrected chi connectivity index (χ1v) is 15.0. The zero-order chi connectivity index (χ0) is 27.8. The van der Waals surface area contributed by atoms with E-state index in [1.54, 1.807) is 30.3 Å². The van der Waals surface area contributed by atoms with Crippen LogP contribution >= 0.6 is 0 Å². The van der Waals surface area contributed by atoms with E-state index in [-0.39, 0.29) is 16.9 Å². The van der Waals surface area contributed by atoms with Crippen molar-refractivity contribution in [2.75, 3.05) is 34.2 Å². The molecule has 5 rings (SSSR count). The third-order valence-electron chi connectivity index (χ3n) is 7.45. The fourth-order valence-corrected chi connectivity index (χ4v) is 6.52. The number of rotatable bonds is 5. The average molecular weight is 548 g/mol. The minimum Gasteiger partial charge on any atom is -0.476 e. The molecule has 2 heterocycles. The molecule has 1 atom stereocenters. The Morgan fingerprint density at radius 2 is 1.59 bits per heavy atom. The number of carbonyl (C=O) groups is 1. The molecule has 1 amide bonds.